The number of hydrogen-bond donors (Lipinski definition) is 4. The minimum atomic E-state index is -2.13. The molecule has 0 aromatic rings. The lowest BCUT2D eigenvalue weighted by Gasteiger charge is -2.41. The zero-order chi connectivity index (χ0) is 11.6. The van der Waals surface area contributed by atoms with Crippen molar-refractivity contribution in [2.24, 2.45) is 0 Å². The lowest BCUT2D eigenvalue weighted by molar-refractivity contribution is -0.263. The van der Waals surface area contributed by atoms with Gasteiger partial charge < -0.3 is 25.4 Å². The fourth-order valence-electron chi connectivity index (χ4n) is 1.47. The second kappa shape index (κ2) is 4.42. The second-order valence-corrected chi connectivity index (χ2v) is 3.55. The number of carbonyl (C=O) groups excluding carboxylic acids is 1. The Bertz CT molecular complexity index is 247. The summed E-state index contributed by atoms with van der Waals surface area (Å²) < 4.78 is 4.86. The van der Waals surface area contributed by atoms with Crippen molar-refractivity contribution in [3.05, 3.63) is 0 Å². The zero-order valence-corrected chi connectivity index (χ0v) is 8.21. The molecule has 1 fully saturated rings. The van der Waals surface area contributed by atoms with Crippen LogP contribution in [0.15, 0.2) is 0 Å². The fourth-order valence-corrected chi connectivity index (χ4v) is 1.47. The summed E-state index contributed by atoms with van der Waals surface area (Å²) in [5.74, 6) is -0.600. The molecule has 7 nitrogen and oxygen atoms in total. The topological polar surface area (TPSA) is 119 Å². The Kier molecular flexibility index (Phi) is 3.63. The summed E-state index contributed by atoms with van der Waals surface area (Å²) in [5.41, 5.74) is -2.13. The van der Waals surface area contributed by atoms with E-state index in [4.69, 9.17) is 9.84 Å². The first-order chi connectivity index (χ1) is 6.90. The van der Waals surface area contributed by atoms with Crippen LogP contribution in [0, 0.1) is 0 Å². The van der Waals surface area contributed by atoms with Crippen molar-refractivity contribution in [3.63, 3.8) is 0 Å². The van der Waals surface area contributed by atoms with Gasteiger partial charge in [-0.25, -0.2) is 5.11 Å². The molecule has 4 N–H and O–H groups in total. The Labute approximate surface area is 86.3 Å². The van der Waals surface area contributed by atoms with Gasteiger partial charge >= 0.3 is 0 Å². The molecule has 0 aliphatic carbocycles. The summed E-state index contributed by atoms with van der Waals surface area (Å²) in [6.45, 7) is 0.161. The van der Waals surface area contributed by atoms with Crippen molar-refractivity contribution in [3.8, 4) is 0 Å². The second-order valence-electron chi connectivity index (χ2n) is 3.55. The van der Waals surface area contributed by atoms with Gasteiger partial charge in [-0.2, -0.15) is 0 Å². The third-order valence-corrected chi connectivity index (χ3v) is 2.25. The molecule has 7 heteroatoms. The Hall–Kier alpha value is -0.730. The molecule has 1 rings (SSSR count). The number of nitrogens with one attached hydrogen (secondary N) is 1. The predicted molar refractivity (Wildman–Crippen MR) is 46.1 cm³/mol. The summed E-state index contributed by atoms with van der Waals surface area (Å²) in [6.07, 6.45) is -4.45. The van der Waals surface area contributed by atoms with Gasteiger partial charge in [0.1, 0.15) is 12.2 Å². The van der Waals surface area contributed by atoms with E-state index in [1.165, 1.54) is 0 Å². The minimum absolute atomic E-state index is 0.455. The Morgan fingerprint density at radius 2 is 2.27 bits per heavy atom. The monoisotopic (exact) mass is 220 g/mol. The maximum atomic E-state index is 11.5. The molecule has 0 spiro atoms. The van der Waals surface area contributed by atoms with Gasteiger partial charge in [0.05, 0.1) is 13.2 Å². The number of hydrogen-bond acceptors (Lipinski definition) is 5. The molecule has 87 valence electrons. The zero-order valence-electron chi connectivity index (χ0n) is 8.21. The van der Waals surface area contributed by atoms with Crippen molar-refractivity contribution >= 4 is 5.91 Å². The number of ether oxygens (including phenoxy) is 1. The Balaban J connectivity index is 2.74. The highest BCUT2D eigenvalue weighted by Gasteiger charge is 2.50. The SMILES string of the molecule is CC(=O)N[C@]1(O)CO[C@H](CO)[C@H](O)[C@@H]1[O]. The van der Waals surface area contributed by atoms with Crippen LogP contribution in [-0.4, -0.2) is 58.5 Å². The average molecular weight is 220 g/mol. The van der Waals surface area contributed by atoms with Crippen LogP contribution in [0.4, 0.5) is 0 Å². The van der Waals surface area contributed by atoms with Crippen molar-refractivity contribution < 1.29 is 30.0 Å². The van der Waals surface area contributed by atoms with Crippen LogP contribution >= 0.6 is 0 Å². The third-order valence-electron chi connectivity index (χ3n) is 2.25. The Morgan fingerprint density at radius 3 is 2.73 bits per heavy atom. The first kappa shape index (κ1) is 12.3. The van der Waals surface area contributed by atoms with Gasteiger partial charge in [-0.1, -0.05) is 0 Å². The minimum Gasteiger partial charge on any atom is -0.394 e. The summed E-state index contributed by atoms with van der Waals surface area (Å²) >= 11 is 0. The molecule has 0 aromatic heterocycles. The molecule has 4 atom stereocenters. The van der Waals surface area contributed by atoms with E-state index >= 15 is 0 Å². The molecule has 0 aromatic carbocycles. The van der Waals surface area contributed by atoms with E-state index in [1.807, 2.05) is 5.32 Å². The molecule has 1 radical (unpaired) electrons. The number of aliphatic hydroxyl groups is 3. The number of rotatable bonds is 2. The van der Waals surface area contributed by atoms with E-state index < -0.39 is 43.2 Å². The van der Waals surface area contributed by atoms with Gasteiger partial charge in [0, 0.05) is 6.92 Å². The first-order valence-electron chi connectivity index (χ1n) is 4.48. The van der Waals surface area contributed by atoms with E-state index in [9.17, 15) is 20.1 Å². The van der Waals surface area contributed by atoms with E-state index in [1.54, 1.807) is 0 Å². The van der Waals surface area contributed by atoms with Crippen LogP contribution in [-0.2, 0) is 14.6 Å². The van der Waals surface area contributed by atoms with E-state index in [0.29, 0.717) is 0 Å². The largest absolute Gasteiger partial charge is 0.394 e. The standard InChI is InChI=1S/C8H14NO6/c1-4(11)9-8(14)3-15-5(2-10)6(12)7(8)13/h5-7,10,12,14H,2-3H2,1H3,(H,9,11)/t5-,6+,7+,8+/m1/s1. The Morgan fingerprint density at radius 1 is 1.67 bits per heavy atom. The number of carbonyl (C=O) groups is 1. The van der Waals surface area contributed by atoms with Gasteiger partial charge in [-0.15, -0.1) is 0 Å². The predicted octanol–water partition coefficient (Wildman–Crippen LogP) is -2.64. The van der Waals surface area contributed by atoms with Crippen LogP contribution in [0.3, 0.4) is 0 Å². The van der Waals surface area contributed by atoms with Crippen LogP contribution in [0.25, 0.3) is 0 Å². The first-order valence-corrected chi connectivity index (χ1v) is 4.48. The van der Waals surface area contributed by atoms with Crippen molar-refractivity contribution in [1.29, 1.82) is 0 Å². The molecule has 1 amide bonds. The molecular weight excluding hydrogens is 206 g/mol. The van der Waals surface area contributed by atoms with Crippen molar-refractivity contribution in [1.82, 2.24) is 5.32 Å². The van der Waals surface area contributed by atoms with Crippen LogP contribution in [0.1, 0.15) is 6.92 Å². The molecule has 1 saturated heterocycles. The molecule has 0 bridgehead atoms. The summed E-state index contributed by atoms with van der Waals surface area (Å²) in [6, 6.07) is 0. The molecule has 0 saturated carbocycles. The third kappa shape index (κ3) is 2.44. The lowest BCUT2D eigenvalue weighted by atomic mass is 9.95. The molecule has 1 heterocycles. The van der Waals surface area contributed by atoms with Crippen molar-refractivity contribution in [2.75, 3.05) is 13.2 Å². The maximum Gasteiger partial charge on any atom is 0.219 e. The quantitative estimate of drug-likeness (QED) is 0.379. The normalized spacial score (nSPS) is 41.3. The lowest BCUT2D eigenvalue weighted by Crippen LogP contribution is -2.68. The molecule has 1 aliphatic rings. The van der Waals surface area contributed by atoms with Crippen LogP contribution < -0.4 is 5.32 Å². The summed E-state index contributed by atoms with van der Waals surface area (Å²) in [5, 5.41) is 41.3. The fraction of sp³-hybridized carbons (Fsp3) is 0.875. The van der Waals surface area contributed by atoms with E-state index in [-0.39, 0.29) is 0 Å². The molecule has 0 unspecified atom stereocenters. The molecule has 15 heavy (non-hydrogen) atoms. The number of amides is 1. The molecular formula is C8H14NO6. The van der Waals surface area contributed by atoms with Gasteiger partial charge in [0.25, 0.3) is 0 Å². The highest BCUT2D eigenvalue weighted by atomic mass is 16.5. The van der Waals surface area contributed by atoms with Gasteiger partial charge in [0.2, 0.25) is 5.91 Å². The van der Waals surface area contributed by atoms with Gasteiger partial charge in [-0.3, -0.25) is 4.79 Å². The van der Waals surface area contributed by atoms with E-state index in [0.717, 1.165) is 6.92 Å². The van der Waals surface area contributed by atoms with Crippen molar-refractivity contribution in [2.45, 2.75) is 31.0 Å². The highest BCUT2D eigenvalue weighted by molar-refractivity contribution is 5.73. The van der Waals surface area contributed by atoms with Crippen LogP contribution in [0.2, 0.25) is 0 Å². The van der Waals surface area contributed by atoms with Gasteiger partial charge in [-0.05, 0) is 0 Å². The summed E-state index contributed by atoms with van der Waals surface area (Å²) in [4.78, 5) is 10.7. The molecule has 1 aliphatic heterocycles. The van der Waals surface area contributed by atoms with Crippen LogP contribution in [0.5, 0.6) is 0 Å². The van der Waals surface area contributed by atoms with Gasteiger partial charge in [0.15, 0.2) is 11.8 Å². The highest BCUT2D eigenvalue weighted by Crippen LogP contribution is 2.22. The summed E-state index contributed by atoms with van der Waals surface area (Å²) in [7, 11) is 0. The average Bonchev–Trinajstić information content (AvgIpc) is 2.14. The van der Waals surface area contributed by atoms with E-state index in [2.05, 4.69) is 0 Å². The maximum absolute atomic E-state index is 11.5. The smallest absolute Gasteiger partial charge is 0.219 e. The number of aliphatic hydroxyl groups excluding tert-OH is 2.